The van der Waals surface area contributed by atoms with E-state index in [2.05, 4.69) is 51.7 Å². The second kappa shape index (κ2) is 40.8. The maximum atomic E-state index is 12.8. The third kappa shape index (κ3) is 43.8. The maximum Gasteiger partial charge on any atom is 0.475 e. The second-order valence-electron chi connectivity index (χ2n) is 16.6. The van der Waals surface area contributed by atoms with Crippen molar-refractivity contribution >= 4 is 25.9 Å². The lowest BCUT2D eigenvalue weighted by Crippen LogP contribution is -2.34. The first-order valence-electron chi connectivity index (χ1n) is 23.1. The summed E-state index contributed by atoms with van der Waals surface area (Å²) in [6.45, 7) is 18.5. The van der Waals surface area contributed by atoms with Crippen LogP contribution in [0, 0.1) is 5.92 Å². The standard InChI is InChI=1S/C24H49N2O7P.C22H40O4/c1-7-9-10-11-12-13-21(3)14-17-29-19-22(25)20-32-34(28,30-16-8-2)31-18-15-26-23(27)33-24(4,5)6;1-3-5-7-9-10-11-12-14-16-18-22(25)26-20(19-21(23)24)17-15-13-8-6-4-2/h8,21-22H,2,7,9-20,25H2,1,3-6H3,(H,26,27);11-12,20H,3-10,13-19H2,1-2H3,(H,23,24)/b;12-11-/t21-,22?,34?;20-/m11/s1. The van der Waals surface area contributed by atoms with E-state index < -0.39 is 37.6 Å². The van der Waals surface area contributed by atoms with Crippen molar-refractivity contribution in [2.75, 3.05) is 39.6 Å². The van der Waals surface area contributed by atoms with E-state index in [4.69, 9.17) is 38.6 Å². The number of unbranched alkanes of at least 4 members (excludes halogenated alkanes) is 13. The van der Waals surface area contributed by atoms with Crippen LogP contribution < -0.4 is 11.1 Å². The first-order chi connectivity index (χ1) is 28.6. The summed E-state index contributed by atoms with van der Waals surface area (Å²) in [5.41, 5.74) is 5.42. The lowest BCUT2D eigenvalue weighted by atomic mass is 9.99. The highest BCUT2D eigenvalue weighted by molar-refractivity contribution is 7.48. The molecule has 0 saturated heterocycles. The minimum absolute atomic E-state index is 0.0150. The lowest BCUT2D eigenvalue weighted by Gasteiger charge is -2.21. The van der Waals surface area contributed by atoms with Crippen molar-refractivity contribution in [1.29, 1.82) is 0 Å². The van der Waals surface area contributed by atoms with Crippen LogP contribution in [0.1, 0.15) is 190 Å². The number of phosphoric ester groups is 1. The minimum atomic E-state index is -3.87. The predicted octanol–water partition coefficient (Wildman–Crippen LogP) is 12.0. The van der Waals surface area contributed by atoms with Gasteiger partial charge in [0.05, 0.1) is 38.9 Å². The molecule has 0 fully saturated rings. The molecule has 0 rings (SSSR count). The number of rotatable bonds is 39. The van der Waals surface area contributed by atoms with Gasteiger partial charge in [-0.05, 0) is 71.6 Å². The molecule has 13 nitrogen and oxygen atoms in total. The highest BCUT2D eigenvalue weighted by Gasteiger charge is 2.27. The van der Waals surface area contributed by atoms with Gasteiger partial charge in [-0.1, -0.05) is 129 Å². The number of carboxylic acid groups (broad SMARTS) is 1. The molecule has 0 bridgehead atoms. The van der Waals surface area contributed by atoms with E-state index in [1.54, 1.807) is 20.8 Å². The molecule has 0 aromatic rings. The van der Waals surface area contributed by atoms with Crippen LogP contribution in [0.4, 0.5) is 4.79 Å². The average molecular weight is 877 g/mol. The van der Waals surface area contributed by atoms with Crippen molar-refractivity contribution in [1.82, 2.24) is 5.32 Å². The number of nitrogens with one attached hydrogen (secondary N) is 1. The fraction of sp³-hybridized carbons (Fsp3) is 0.848. The number of hydrogen-bond acceptors (Lipinski definition) is 11. The second-order valence-corrected chi connectivity index (χ2v) is 18.3. The summed E-state index contributed by atoms with van der Waals surface area (Å²) in [7, 11) is -3.87. The Labute approximate surface area is 365 Å². The van der Waals surface area contributed by atoms with Gasteiger partial charge in [0.2, 0.25) is 0 Å². The Morgan fingerprint density at radius 1 is 0.767 bits per heavy atom. The zero-order valence-corrected chi connectivity index (χ0v) is 39.9. The van der Waals surface area contributed by atoms with E-state index in [0.717, 1.165) is 44.9 Å². The summed E-state index contributed by atoms with van der Waals surface area (Å²) in [5.74, 6) is -0.548. The van der Waals surface area contributed by atoms with Crippen LogP contribution in [0.5, 0.6) is 0 Å². The Morgan fingerprint density at radius 2 is 1.35 bits per heavy atom. The number of hydrogen-bond donors (Lipinski definition) is 3. The summed E-state index contributed by atoms with van der Waals surface area (Å²) >= 11 is 0. The number of carbonyl (C=O) groups is 3. The number of aliphatic carboxylic acids is 1. The number of amides is 1. The Kier molecular flexibility index (Phi) is 40.6. The Balaban J connectivity index is 0. The highest BCUT2D eigenvalue weighted by atomic mass is 31.2. The van der Waals surface area contributed by atoms with Gasteiger partial charge in [0.1, 0.15) is 11.7 Å². The van der Waals surface area contributed by atoms with Crippen LogP contribution in [0.2, 0.25) is 0 Å². The number of alkyl carbamates (subject to hydrolysis) is 1. The van der Waals surface area contributed by atoms with E-state index in [-0.39, 0.29) is 45.4 Å². The minimum Gasteiger partial charge on any atom is -0.481 e. The van der Waals surface area contributed by atoms with Crippen LogP contribution in [-0.4, -0.2) is 80.5 Å². The predicted molar refractivity (Wildman–Crippen MR) is 243 cm³/mol. The molecule has 0 saturated carbocycles. The van der Waals surface area contributed by atoms with E-state index in [1.165, 1.54) is 83.1 Å². The number of phosphoric acid groups is 1. The van der Waals surface area contributed by atoms with Crippen molar-refractivity contribution in [3.05, 3.63) is 24.8 Å². The van der Waals surface area contributed by atoms with Gasteiger partial charge in [0, 0.05) is 19.6 Å². The van der Waals surface area contributed by atoms with Crippen LogP contribution in [0.3, 0.4) is 0 Å². The van der Waals surface area contributed by atoms with Gasteiger partial charge in [0.15, 0.2) is 0 Å². The molecule has 0 aliphatic rings. The quantitative estimate of drug-likeness (QED) is 0.0230. The van der Waals surface area contributed by atoms with Crippen molar-refractivity contribution in [3.8, 4) is 0 Å². The fourth-order valence-electron chi connectivity index (χ4n) is 5.78. The first-order valence-corrected chi connectivity index (χ1v) is 24.6. The lowest BCUT2D eigenvalue weighted by molar-refractivity contribution is -0.153. The van der Waals surface area contributed by atoms with Crippen molar-refractivity contribution in [3.63, 3.8) is 0 Å². The number of ether oxygens (including phenoxy) is 3. The first kappa shape index (κ1) is 59.8. The molecule has 4 atom stereocenters. The van der Waals surface area contributed by atoms with Crippen LogP contribution >= 0.6 is 7.82 Å². The molecular weight excluding hydrogens is 787 g/mol. The number of esters is 1. The summed E-state index contributed by atoms with van der Waals surface area (Å²) in [6.07, 6.45) is 27.7. The summed E-state index contributed by atoms with van der Waals surface area (Å²) in [5, 5.41) is 11.5. The molecule has 1 amide bonds. The van der Waals surface area contributed by atoms with E-state index >= 15 is 0 Å². The molecular formula is C46H89N2O11P. The van der Waals surface area contributed by atoms with E-state index in [1.807, 2.05) is 0 Å². The molecule has 60 heavy (non-hydrogen) atoms. The number of allylic oxidation sites excluding steroid dienone is 2. The van der Waals surface area contributed by atoms with E-state index in [9.17, 15) is 18.9 Å². The van der Waals surface area contributed by atoms with Gasteiger partial charge in [0.25, 0.3) is 0 Å². The number of carbonyl (C=O) groups excluding carboxylic acids is 2. The molecule has 0 aliphatic carbocycles. The van der Waals surface area contributed by atoms with Crippen molar-refractivity contribution < 1.29 is 51.8 Å². The van der Waals surface area contributed by atoms with E-state index in [0.29, 0.717) is 25.4 Å². The van der Waals surface area contributed by atoms with Crippen molar-refractivity contribution in [2.24, 2.45) is 11.7 Å². The zero-order valence-electron chi connectivity index (χ0n) is 39.0. The van der Waals surface area contributed by atoms with Gasteiger partial charge in [-0.25, -0.2) is 9.36 Å². The molecule has 0 aromatic carbocycles. The molecule has 354 valence electrons. The van der Waals surface area contributed by atoms with Gasteiger partial charge in [-0.15, -0.1) is 6.58 Å². The zero-order chi connectivity index (χ0) is 45.3. The third-order valence-electron chi connectivity index (χ3n) is 9.18. The Hall–Kier alpha value is -2.28. The smallest absolute Gasteiger partial charge is 0.475 e. The Morgan fingerprint density at radius 3 is 1.93 bits per heavy atom. The van der Waals surface area contributed by atoms with Crippen LogP contribution in [0.25, 0.3) is 0 Å². The SMILES string of the molecule is C=CCOP(=O)(OCCNC(=O)OC(C)(C)C)OCC(N)COCC[C@H](C)CCCCCCC.CCCCCC/C=C\CCCC(=O)O[C@H](CCCCCCC)CC(=O)O. The monoisotopic (exact) mass is 877 g/mol. The summed E-state index contributed by atoms with van der Waals surface area (Å²) < 4.78 is 44.8. The normalized spacial score (nSPS) is 14.1. The third-order valence-corrected chi connectivity index (χ3v) is 10.6. The molecule has 0 aromatic heterocycles. The molecule has 0 radical (unpaired) electrons. The van der Waals surface area contributed by atoms with Gasteiger partial charge in [-0.3, -0.25) is 23.2 Å². The average Bonchev–Trinajstić information content (AvgIpc) is 3.18. The van der Waals surface area contributed by atoms with Gasteiger partial charge < -0.3 is 30.4 Å². The topological polar surface area (TPSA) is 182 Å². The summed E-state index contributed by atoms with van der Waals surface area (Å²) in [4.78, 5) is 34.6. The van der Waals surface area contributed by atoms with Gasteiger partial charge >= 0.3 is 25.9 Å². The molecule has 0 spiro atoms. The molecule has 4 N–H and O–H groups in total. The fourth-order valence-corrected chi connectivity index (χ4v) is 6.98. The molecule has 0 aliphatic heterocycles. The maximum absolute atomic E-state index is 12.8. The van der Waals surface area contributed by atoms with Crippen LogP contribution in [-0.2, 0) is 41.9 Å². The molecule has 0 heterocycles. The van der Waals surface area contributed by atoms with Crippen molar-refractivity contribution in [2.45, 2.75) is 207 Å². The van der Waals surface area contributed by atoms with Gasteiger partial charge in [-0.2, -0.15) is 0 Å². The Bertz CT molecular complexity index is 1130. The largest absolute Gasteiger partial charge is 0.481 e. The number of carboxylic acids is 1. The number of nitrogens with two attached hydrogens (primary N) is 1. The molecule has 14 heteroatoms. The summed E-state index contributed by atoms with van der Waals surface area (Å²) in [6, 6.07) is -0.478. The van der Waals surface area contributed by atoms with Crippen LogP contribution in [0.15, 0.2) is 24.8 Å². The highest BCUT2D eigenvalue weighted by Crippen LogP contribution is 2.49. The molecule has 2 unspecified atom stereocenters.